The minimum Gasteiger partial charge on any atom is -0.506 e. The Kier molecular flexibility index (Phi) is 8.02. The number of nitrogens with zero attached hydrogens (tertiary/aromatic N) is 4. The zero-order chi connectivity index (χ0) is 28.2. The number of phenols is 1. The highest BCUT2D eigenvalue weighted by Gasteiger charge is 2.19. The van der Waals surface area contributed by atoms with E-state index >= 15 is 0 Å². The van der Waals surface area contributed by atoms with Crippen molar-refractivity contribution in [3.8, 4) is 16.3 Å². The molecule has 0 bridgehead atoms. The quantitative estimate of drug-likeness (QED) is 0.149. The van der Waals surface area contributed by atoms with Gasteiger partial charge in [-0.3, -0.25) is 14.9 Å². The van der Waals surface area contributed by atoms with Crippen molar-refractivity contribution in [2.24, 2.45) is 0 Å². The van der Waals surface area contributed by atoms with Gasteiger partial charge in [0.25, 0.3) is 0 Å². The van der Waals surface area contributed by atoms with E-state index in [2.05, 4.69) is 25.2 Å². The third kappa shape index (κ3) is 6.13. The number of hydrogen-bond acceptors (Lipinski definition) is 9. The Bertz CT molecular complexity index is 1790. The van der Waals surface area contributed by atoms with Crippen LogP contribution in [-0.2, 0) is 19.6 Å². The molecule has 4 heterocycles. The third-order valence-corrected chi connectivity index (χ3v) is 8.06. The molecule has 0 spiro atoms. The number of pyridine rings is 2. The van der Waals surface area contributed by atoms with Crippen LogP contribution in [0.25, 0.3) is 31.8 Å². The average molecular weight is 584 g/mol. The van der Waals surface area contributed by atoms with E-state index in [9.17, 15) is 9.90 Å². The molecule has 0 aliphatic rings. The summed E-state index contributed by atoms with van der Waals surface area (Å²) in [4.78, 5) is 28.9. The van der Waals surface area contributed by atoms with Crippen molar-refractivity contribution in [2.75, 3.05) is 13.1 Å². The van der Waals surface area contributed by atoms with Crippen molar-refractivity contribution in [1.82, 2.24) is 25.2 Å². The van der Waals surface area contributed by atoms with Crippen molar-refractivity contribution in [2.45, 2.75) is 19.6 Å². The Labute approximate surface area is 244 Å². The summed E-state index contributed by atoms with van der Waals surface area (Å²) in [7, 11) is 0. The molecule has 206 valence electrons. The summed E-state index contributed by atoms with van der Waals surface area (Å²) < 4.78 is 6.75. The first kappa shape index (κ1) is 27.0. The normalized spacial score (nSPS) is 11.6. The van der Waals surface area contributed by atoms with Gasteiger partial charge in [0.05, 0.1) is 37.8 Å². The monoisotopic (exact) mass is 583 g/mol. The minimum atomic E-state index is -0.517. The number of nitrogens with one attached hydrogen (secondary N) is 1. The fourth-order valence-corrected chi connectivity index (χ4v) is 5.89. The summed E-state index contributed by atoms with van der Waals surface area (Å²) >= 11 is 7.83. The van der Waals surface area contributed by atoms with Gasteiger partial charge in [-0.1, -0.05) is 35.9 Å². The van der Waals surface area contributed by atoms with Crippen LogP contribution in [0.3, 0.4) is 0 Å². The second-order valence-corrected chi connectivity index (χ2v) is 11.0. The molecule has 2 N–H and O–H groups in total. The SMILES string of the molecule is O=c1oc2c(CNCCN(Cc3ccccn3)Cc3ccccn3)c(O)c(Cl)cc2cc1-c1nc2ccccc2s1. The Morgan fingerprint density at radius 1 is 0.951 bits per heavy atom. The molecule has 41 heavy (non-hydrogen) atoms. The predicted octanol–water partition coefficient (Wildman–Crippen LogP) is 6.01. The molecule has 0 aliphatic heterocycles. The highest BCUT2D eigenvalue weighted by atomic mass is 35.5. The lowest BCUT2D eigenvalue weighted by Crippen LogP contribution is -2.32. The number of benzene rings is 2. The van der Waals surface area contributed by atoms with Crippen LogP contribution in [0.4, 0.5) is 0 Å². The third-order valence-electron chi connectivity index (χ3n) is 6.70. The number of para-hydroxylation sites is 1. The van der Waals surface area contributed by atoms with Gasteiger partial charge in [0.1, 0.15) is 16.3 Å². The number of aromatic hydroxyl groups is 1. The standard InChI is InChI=1S/C31H26ClN5O3S/c32-25-16-20-15-23(30-36-26-9-1-2-10-27(26)41-30)31(39)40-29(20)24(28(25)38)17-33-13-14-37(18-21-7-3-5-11-34-21)19-22-8-4-6-12-35-22/h1-12,15-16,33,38H,13-14,17-19H2. The van der Waals surface area contributed by atoms with Crippen LogP contribution in [0.5, 0.6) is 5.75 Å². The Balaban J connectivity index is 1.21. The number of aromatic nitrogens is 3. The molecule has 6 aromatic rings. The number of hydrogen-bond donors (Lipinski definition) is 2. The largest absolute Gasteiger partial charge is 0.506 e. The average Bonchev–Trinajstić information content (AvgIpc) is 3.42. The number of fused-ring (bicyclic) bond motifs is 2. The molecule has 6 rings (SSSR count). The van der Waals surface area contributed by atoms with Gasteiger partial charge in [0.2, 0.25) is 0 Å². The lowest BCUT2D eigenvalue weighted by molar-refractivity contribution is 0.250. The van der Waals surface area contributed by atoms with Gasteiger partial charge in [-0.25, -0.2) is 9.78 Å². The van der Waals surface area contributed by atoms with Gasteiger partial charge in [-0.05, 0) is 48.5 Å². The molecular formula is C31H26ClN5O3S. The number of phenolic OH excluding ortho intramolecular Hbond substituents is 1. The molecule has 0 amide bonds. The maximum atomic E-state index is 13.1. The lowest BCUT2D eigenvalue weighted by Gasteiger charge is -2.22. The maximum absolute atomic E-state index is 13.1. The molecule has 0 fully saturated rings. The van der Waals surface area contributed by atoms with Crippen molar-refractivity contribution in [3.63, 3.8) is 0 Å². The number of thiazole rings is 1. The van der Waals surface area contributed by atoms with Gasteiger partial charge < -0.3 is 14.8 Å². The smallest absolute Gasteiger partial charge is 0.346 e. The summed E-state index contributed by atoms with van der Waals surface area (Å²) in [5.74, 6) is -0.110. The van der Waals surface area contributed by atoms with Crippen molar-refractivity contribution < 1.29 is 9.52 Å². The van der Waals surface area contributed by atoms with E-state index in [0.717, 1.165) is 21.6 Å². The van der Waals surface area contributed by atoms with E-state index in [-0.39, 0.29) is 17.3 Å². The number of halogens is 1. The van der Waals surface area contributed by atoms with Crippen LogP contribution in [0.1, 0.15) is 17.0 Å². The van der Waals surface area contributed by atoms with Gasteiger partial charge in [0, 0.05) is 50.5 Å². The van der Waals surface area contributed by atoms with Crippen molar-refractivity contribution >= 4 is 44.1 Å². The Morgan fingerprint density at radius 3 is 2.34 bits per heavy atom. The fourth-order valence-electron chi connectivity index (χ4n) is 4.69. The second-order valence-electron chi connectivity index (χ2n) is 9.57. The summed E-state index contributed by atoms with van der Waals surface area (Å²) in [6.07, 6.45) is 3.57. The van der Waals surface area contributed by atoms with E-state index in [1.807, 2.05) is 60.7 Å². The van der Waals surface area contributed by atoms with Crippen LogP contribution in [-0.4, -0.2) is 38.0 Å². The first-order valence-corrected chi connectivity index (χ1v) is 14.3. The van der Waals surface area contributed by atoms with Gasteiger partial charge in [-0.15, -0.1) is 11.3 Å². The van der Waals surface area contributed by atoms with Crippen molar-refractivity contribution in [1.29, 1.82) is 0 Å². The first-order chi connectivity index (χ1) is 20.0. The molecule has 0 aliphatic carbocycles. The van der Waals surface area contributed by atoms with E-state index in [0.29, 0.717) is 53.3 Å². The summed E-state index contributed by atoms with van der Waals surface area (Å²) in [6, 6.07) is 22.8. The van der Waals surface area contributed by atoms with Crippen LogP contribution >= 0.6 is 22.9 Å². The Morgan fingerprint density at radius 2 is 1.66 bits per heavy atom. The van der Waals surface area contributed by atoms with Crippen LogP contribution in [0, 0.1) is 0 Å². The van der Waals surface area contributed by atoms with E-state index in [1.165, 1.54) is 11.3 Å². The zero-order valence-electron chi connectivity index (χ0n) is 22.0. The highest BCUT2D eigenvalue weighted by Crippen LogP contribution is 2.36. The highest BCUT2D eigenvalue weighted by molar-refractivity contribution is 7.21. The van der Waals surface area contributed by atoms with E-state index in [4.69, 9.17) is 16.0 Å². The summed E-state index contributed by atoms with van der Waals surface area (Å²) in [6.45, 7) is 2.87. The molecule has 0 saturated heterocycles. The molecule has 0 radical (unpaired) electrons. The molecule has 0 saturated carbocycles. The second kappa shape index (κ2) is 12.2. The molecule has 2 aromatic carbocycles. The van der Waals surface area contributed by atoms with Crippen molar-refractivity contribution in [3.05, 3.63) is 118 Å². The van der Waals surface area contributed by atoms with Crippen LogP contribution < -0.4 is 10.9 Å². The molecule has 10 heteroatoms. The zero-order valence-corrected chi connectivity index (χ0v) is 23.5. The number of rotatable bonds is 10. The minimum absolute atomic E-state index is 0.110. The predicted molar refractivity (Wildman–Crippen MR) is 162 cm³/mol. The first-order valence-electron chi connectivity index (χ1n) is 13.1. The van der Waals surface area contributed by atoms with Crippen LogP contribution in [0.2, 0.25) is 5.02 Å². The molecule has 0 unspecified atom stereocenters. The van der Waals surface area contributed by atoms with Gasteiger partial charge in [0.15, 0.2) is 0 Å². The van der Waals surface area contributed by atoms with E-state index < -0.39 is 5.63 Å². The van der Waals surface area contributed by atoms with Crippen LogP contribution in [0.15, 0.2) is 94.4 Å². The lowest BCUT2D eigenvalue weighted by atomic mass is 10.1. The summed E-state index contributed by atoms with van der Waals surface area (Å²) in [5.41, 5.74) is 3.33. The van der Waals surface area contributed by atoms with E-state index in [1.54, 1.807) is 24.5 Å². The topological polar surface area (TPSA) is 104 Å². The fraction of sp³-hybridized carbons (Fsp3) is 0.161. The van der Waals surface area contributed by atoms with Gasteiger partial charge >= 0.3 is 5.63 Å². The molecule has 4 aromatic heterocycles. The maximum Gasteiger partial charge on any atom is 0.346 e. The summed E-state index contributed by atoms with van der Waals surface area (Å²) in [5, 5.41) is 15.5. The molecular weight excluding hydrogens is 558 g/mol. The molecule has 0 atom stereocenters. The molecule has 8 nitrogen and oxygen atoms in total. The van der Waals surface area contributed by atoms with Gasteiger partial charge in [-0.2, -0.15) is 0 Å². The Hall–Kier alpha value is -4.15.